The summed E-state index contributed by atoms with van der Waals surface area (Å²) < 4.78 is 0. The van der Waals surface area contributed by atoms with E-state index in [1.165, 1.54) is 6.07 Å². The second kappa shape index (κ2) is 6.74. The van der Waals surface area contributed by atoms with Crippen LogP contribution in [0.25, 0.3) is 0 Å². The van der Waals surface area contributed by atoms with Crippen molar-refractivity contribution in [3.8, 4) is 5.75 Å². The fraction of sp³-hybridized carbons (Fsp3) is 0.263. The second-order valence-corrected chi connectivity index (χ2v) is 6.13. The molecule has 124 valence electrons. The summed E-state index contributed by atoms with van der Waals surface area (Å²) in [6.45, 7) is 1.32. The predicted octanol–water partition coefficient (Wildman–Crippen LogP) is 2.80. The fourth-order valence-electron chi connectivity index (χ4n) is 3.13. The maximum Gasteiger partial charge on any atom is 0.335 e. The number of rotatable bonds is 4. The molecule has 5 heteroatoms. The minimum absolute atomic E-state index is 0.00945. The summed E-state index contributed by atoms with van der Waals surface area (Å²) in [6, 6.07) is 13.5. The van der Waals surface area contributed by atoms with Gasteiger partial charge in [-0.15, -0.1) is 0 Å². The minimum atomic E-state index is -0.929. The third-order valence-corrected chi connectivity index (χ3v) is 4.43. The Morgan fingerprint density at radius 2 is 1.79 bits per heavy atom. The van der Waals surface area contributed by atoms with Crippen LogP contribution in [0.15, 0.2) is 48.5 Å². The number of phenolic OH excluding ortho intramolecular Hbond substituents is 1. The minimum Gasteiger partial charge on any atom is -0.507 e. The zero-order valence-corrected chi connectivity index (χ0v) is 13.2. The van der Waals surface area contributed by atoms with Gasteiger partial charge in [-0.1, -0.05) is 24.3 Å². The lowest BCUT2D eigenvalue weighted by Crippen LogP contribution is -2.29. The normalized spacial score (nSPS) is 17.0. The average Bonchev–Trinajstić information content (AvgIpc) is 3.04. The van der Waals surface area contributed by atoms with E-state index in [1.54, 1.807) is 35.2 Å². The lowest BCUT2D eigenvalue weighted by Gasteiger charge is -2.17. The number of hydrogen-bond donors (Lipinski definition) is 2. The van der Waals surface area contributed by atoms with Gasteiger partial charge in [-0.3, -0.25) is 4.79 Å². The fourth-order valence-corrected chi connectivity index (χ4v) is 3.13. The summed E-state index contributed by atoms with van der Waals surface area (Å²) >= 11 is 0. The van der Waals surface area contributed by atoms with E-state index < -0.39 is 5.97 Å². The Morgan fingerprint density at radius 3 is 2.46 bits per heavy atom. The van der Waals surface area contributed by atoms with Gasteiger partial charge in [0.25, 0.3) is 5.91 Å². The van der Waals surface area contributed by atoms with Crippen molar-refractivity contribution >= 4 is 11.9 Å². The van der Waals surface area contributed by atoms with Gasteiger partial charge in [0.05, 0.1) is 11.1 Å². The Hall–Kier alpha value is -2.82. The molecule has 1 heterocycles. The van der Waals surface area contributed by atoms with Gasteiger partial charge >= 0.3 is 5.97 Å². The SMILES string of the molecule is O=C(O)c1ccc(CC2CCN(C(=O)c3ccccc3O)C2)cc1. The lowest BCUT2D eigenvalue weighted by molar-refractivity contribution is 0.0696. The first-order valence-electron chi connectivity index (χ1n) is 7.94. The summed E-state index contributed by atoms with van der Waals surface area (Å²) in [6.07, 6.45) is 1.71. The number of aromatic hydroxyl groups is 1. The van der Waals surface area contributed by atoms with Crippen molar-refractivity contribution in [2.45, 2.75) is 12.8 Å². The number of carboxylic acid groups (broad SMARTS) is 1. The Balaban J connectivity index is 1.62. The van der Waals surface area contributed by atoms with Crippen molar-refractivity contribution in [3.63, 3.8) is 0 Å². The zero-order chi connectivity index (χ0) is 17.1. The molecule has 1 atom stereocenters. The van der Waals surface area contributed by atoms with E-state index in [-0.39, 0.29) is 17.2 Å². The molecular weight excluding hydrogens is 306 g/mol. The van der Waals surface area contributed by atoms with Crippen LogP contribution in [-0.4, -0.2) is 40.1 Å². The number of hydrogen-bond acceptors (Lipinski definition) is 3. The molecule has 5 nitrogen and oxygen atoms in total. The molecule has 2 N–H and O–H groups in total. The molecule has 0 aliphatic carbocycles. The van der Waals surface area contributed by atoms with Gasteiger partial charge < -0.3 is 15.1 Å². The first-order valence-corrected chi connectivity index (χ1v) is 7.94. The number of nitrogens with zero attached hydrogens (tertiary/aromatic N) is 1. The highest BCUT2D eigenvalue weighted by Gasteiger charge is 2.28. The molecule has 1 aliphatic rings. The molecule has 0 spiro atoms. The maximum atomic E-state index is 12.5. The largest absolute Gasteiger partial charge is 0.507 e. The standard InChI is InChI=1S/C19H19NO4/c21-17-4-2-1-3-16(17)18(22)20-10-9-14(12-20)11-13-5-7-15(8-6-13)19(23)24/h1-8,14,21H,9-12H2,(H,23,24). The van der Waals surface area contributed by atoms with Gasteiger partial charge in [0.2, 0.25) is 0 Å². The summed E-state index contributed by atoms with van der Waals surface area (Å²) in [5.74, 6) is -0.718. The zero-order valence-electron chi connectivity index (χ0n) is 13.2. The molecule has 3 rings (SSSR count). The van der Waals surface area contributed by atoms with Crippen LogP contribution in [0.4, 0.5) is 0 Å². The summed E-state index contributed by atoms with van der Waals surface area (Å²) in [5.41, 5.74) is 1.69. The Morgan fingerprint density at radius 1 is 1.08 bits per heavy atom. The van der Waals surface area contributed by atoms with Crippen LogP contribution in [0.5, 0.6) is 5.75 Å². The van der Waals surface area contributed by atoms with E-state index >= 15 is 0 Å². The molecule has 1 aliphatic heterocycles. The van der Waals surface area contributed by atoms with E-state index in [9.17, 15) is 14.7 Å². The van der Waals surface area contributed by atoms with Crippen LogP contribution in [0.1, 0.15) is 32.7 Å². The first kappa shape index (κ1) is 16.1. The average molecular weight is 325 g/mol. The molecule has 0 saturated carbocycles. The van der Waals surface area contributed by atoms with Crippen molar-refractivity contribution < 1.29 is 19.8 Å². The van der Waals surface area contributed by atoms with Crippen molar-refractivity contribution in [1.29, 1.82) is 0 Å². The topological polar surface area (TPSA) is 77.8 Å². The van der Waals surface area contributed by atoms with Gasteiger partial charge in [0.15, 0.2) is 0 Å². The number of para-hydroxylation sites is 1. The van der Waals surface area contributed by atoms with Crippen molar-refractivity contribution in [2.24, 2.45) is 5.92 Å². The van der Waals surface area contributed by atoms with Crippen LogP contribution in [0, 0.1) is 5.92 Å². The van der Waals surface area contributed by atoms with Crippen LogP contribution >= 0.6 is 0 Å². The number of benzene rings is 2. The molecule has 2 aromatic rings. The first-order chi connectivity index (χ1) is 11.5. The molecule has 24 heavy (non-hydrogen) atoms. The number of phenols is 1. The van der Waals surface area contributed by atoms with Crippen LogP contribution in [0.2, 0.25) is 0 Å². The van der Waals surface area contributed by atoms with Gasteiger partial charge in [0.1, 0.15) is 5.75 Å². The number of carbonyl (C=O) groups excluding carboxylic acids is 1. The van der Waals surface area contributed by atoms with Gasteiger partial charge in [-0.2, -0.15) is 0 Å². The Bertz CT molecular complexity index is 754. The number of carboxylic acids is 1. The summed E-state index contributed by atoms with van der Waals surface area (Å²) in [4.78, 5) is 25.1. The molecule has 1 saturated heterocycles. The van der Waals surface area contributed by atoms with Gasteiger partial charge in [-0.25, -0.2) is 4.79 Å². The molecule has 1 amide bonds. The highest BCUT2D eigenvalue weighted by molar-refractivity contribution is 5.96. The lowest BCUT2D eigenvalue weighted by atomic mass is 9.98. The Labute approximate surface area is 140 Å². The number of carbonyl (C=O) groups is 2. The van der Waals surface area contributed by atoms with Crippen LogP contribution in [0.3, 0.4) is 0 Å². The molecule has 1 unspecified atom stereocenters. The van der Waals surface area contributed by atoms with Gasteiger partial charge in [0, 0.05) is 13.1 Å². The Kier molecular flexibility index (Phi) is 4.51. The summed E-state index contributed by atoms with van der Waals surface area (Å²) in [7, 11) is 0. The predicted molar refractivity (Wildman–Crippen MR) is 89.2 cm³/mol. The highest BCUT2D eigenvalue weighted by Crippen LogP contribution is 2.25. The van der Waals surface area contributed by atoms with Gasteiger partial charge in [-0.05, 0) is 48.6 Å². The molecule has 1 fully saturated rings. The van der Waals surface area contributed by atoms with E-state index in [2.05, 4.69) is 0 Å². The van der Waals surface area contributed by atoms with E-state index in [0.717, 1.165) is 18.4 Å². The summed E-state index contributed by atoms with van der Waals surface area (Å²) in [5, 5.41) is 18.7. The molecule has 0 bridgehead atoms. The van der Waals surface area contributed by atoms with E-state index in [1.807, 2.05) is 12.1 Å². The van der Waals surface area contributed by atoms with Crippen molar-refractivity contribution in [2.75, 3.05) is 13.1 Å². The van der Waals surface area contributed by atoms with Crippen molar-refractivity contribution in [3.05, 3.63) is 65.2 Å². The highest BCUT2D eigenvalue weighted by atomic mass is 16.4. The second-order valence-electron chi connectivity index (χ2n) is 6.13. The number of likely N-dealkylation sites (tertiary alicyclic amines) is 1. The molecule has 0 aromatic heterocycles. The maximum absolute atomic E-state index is 12.5. The monoisotopic (exact) mass is 325 g/mol. The molecule has 0 radical (unpaired) electrons. The van der Waals surface area contributed by atoms with Crippen LogP contribution < -0.4 is 0 Å². The smallest absolute Gasteiger partial charge is 0.335 e. The third kappa shape index (κ3) is 3.40. The number of amides is 1. The van der Waals surface area contributed by atoms with E-state index in [0.29, 0.717) is 24.6 Å². The molecule has 2 aromatic carbocycles. The van der Waals surface area contributed by atoms with Crippen molar-refractivity contribution in [1.82, 2.24) is 4.90 Å². The third-order valence-electron chi connectivity index (χ3n) is 4.43. The molecular formula is C19H19NO4. The van der Waals surface area contributed by atoms with Crippen LogP contribution in [-0.2, 0) is 6.42 Å². The quantitative estimate of drug-likeness (QED) is 0.906. The van der Waals surface area contributed by atoms with E-state index in [4.69, 9.17) is 5.11 Å². The number of aromatic carboxylic acids is 1.